The molecule has 1 aromatic heterocycles. The maximum atomic E-state index is 5.83. The van der Waals surface area contributed by atoms with Crippen molar-refractivity contribution in [2.45, 2.75) is 32.1 Å². The van der Waals surface area contributed by atoms with Crippen LogP contribution in [0, 0.1) is 0 Å². The summed E-state index contributed by atoms with van der Waals surface area (Å²) in [6, 6.07) is 0. The maximum Gasteiger partial charge on any atom is 0.222 e. The summed E-state index contributed by atoms with van der Waals surface area (Å²) in [7, 11) is 0. The van der Waals surface area contributed by atoms with Crippen LogP contribution >= 0.6 is 0 Å². The van der Waals surface area contributed by atoms with Crippen LogP contribution < -0.4 is 11.1 Å². The molecule has 0 aliphatic carbocycles. The fourth-order valence-corrected chi connectivity index (χ4v) is 3.12. The Kier molecular flexibility index (Phi) is 3.07. The quantitative estimate of drug-likeness (QED) is 0.822. The van der Waals surface area contributed by atoms with Crippen LogP contribution in [0.2, 0.25) is 0 Å². The number of aromatic nitrogens is 2. The Morgan fingerprint density at radius 1 is 1.44 bits per heavy atom. The predicted octanol–water partition coefficient (Wildman–Crippen LogP) is 1.23. The molecule has 1 aromatic rings. The van der Waals surface area contributed by atoms with E-state index in [4.69, 9.17) is 5.73 Å². The number of rotatable bonds is 2. The van der Waals surface area contributed by atoms with Crippen molar-refractivity contribution in [1.29, 1.82) is 0 Å². The third kappa shape index (κ3) is 2.03. The summed E-state index contributed by atoms with van der Waals surface area (Å²) < 4.78 is 0. The first-order valence-corrected chi connectivity index (χ1v) is 6.90. The van der Waals surface area contributed by atoms with Gasteiger partial charge in [-0.2, -0.15) is 4.98 Å². The van der Waals surface area contributed by atoms with Crippen LogP contribution in [0.5, 0.6) is 0 Å². The van der Waals surface area contributed by atoms with Gasteiger partial charge in [0.05, 0.1) is 5.69 Å². The summed E-state index contributed by atoms with van der Waals surface area (Å²) in [5.41, 5.74) is 8.32. The Bertz CT molecular complexity index is 445. The van der Waals surface area contributed by atoms with E-state index >= 15 is 0 Å². The lowest BCUT2D eigenvalue weighted by molar-refractivity contribution is 0.215. The molecule has 3 N–H and O–H groups in total. The topological polar surface area (TPSA) is 67.1 Å². The first-order valence-electron chi connectivity index (χ1n) is 6.90. The number of likely N-dealkylation sites (tertiary alicyclic amines) is 1. The molecule has 3 rings (SSSR count). The highest BCUT2D eigenvalue weighted by molar-refractivity contribution is 5.54. The fraction of sp³-hybridized carbons (Fsp3) is 0.692. The minimum absolute atomic E-state index is 0.409. The third-order valence-corrected chi connectivity index (χ3v) is 4.06. The maximum absolute atomic E-state index is 5.83. The SMILES string of the molecule is CCN1CCCC(c2nc(N)nc3c2CCN3)C1. The van der Waals surface area contributed by atoms with Gasteiger partial charge in [0, 0.05) is 24.6 Å². The van der Waals surface area contributed by atoms with Gasteiger partial charge < -0.3 is 16.0 Å². The number of nitrogens with zero attached hydrogens (tertiary/aromatic N) is 3. The van der Waals surface area contributed by atoms with Crippen molar-refractivity contribution in [3.63, 3.8) is 0 Å². The normalized spacial score (nSPS) is 23.7. The van der Waals surface area contributed by atoms with Crippen LogP contribution in [0.25, 0.3) is 0 Å². The molecule has 1 unspecified atom stereocenters. The Morgan fingerprint density at radius 2 is 2.33 bits per heavy atom. The van der Waals surface area contributed by atoms with E-state index in [0.29, 0.717) is 11.9 Å². The Hall–Kier alpha value is -1.36. The summed E-state index contributed by atoms with van der Waals surface area (Å²) in [5, 5.41) is 3.30. The van der Waals surface area contributed by atoms with E-state index in [-0.39, 0.29) is 0 Å². The van der Waals surface area contributed by atoms with Gasteiger partial charge in [-0.05, 0) is 32.4 Å². The lowest BCUT2D eigenvalue weighted by Crippen LogP contribution is -2.34. The van der Waals surface area contributed by atoms with E-state index in [1.807, 2.05) is 0 Å². The van der Waals surface area contributed by atoms with Gasteiger partial charge in [0.15, 0.2) is 0 Å². The van der Waals surface area contributed by atoms with Gasteiger partial charge in [-0.3, -0.25) is 0 Å². The molecule has 2 aliphatic heterocycles. The van der Waals surface area contributed by atoms with E-state index in [2.05, 4.69) is 27.1 Å². The molecule has 5 heteroatoms. The van der Waals surface area contributed by atoms with Crippen LogP contribution in [0.15, 0.2) is 0 Å². The molecule has 3 heterocycles. The highest BCUT2D eigenvalue weighted by Gasteiger charge is 2.27. The zero-order valence-electron chi connectivity index (χ0n) is 10.9. The highest BCUT2D eigenvalue weighted by atomic mass is 15.1. The van der Waals surface area contributed by atoms with Crippen LogP contribution in [0.4, 0.5) is 11.8 Å². The molecule has 0 bridgehead atoms. The largest absolute Gasteiger partial charge is 0.369 e. The first-order chi connectivity index (χ1) is 8.78. The number of nitrogens with two attached hydrogens (primary N) is 1. The summed E-state index contributed by atoms with van der Waals surface area (Å²) >= 11 is 0. The minimum Gasteiger partial charge on any atom is -0.369 e. The molecule has 0 saturated carbocycles. The molecule has 0 amide bonds. The Morgan fingerprint density at radius 3 is 3.17 bits per heavy atom. The smallest absolute Gasteiger partial charge is 0.222 e. The van der Waals surface area contributed by atoms with Crippen molar-refractivity contribution < 1.29 is 0 Å². The minimum atomic E-state index is 0.409. The van der Waals surface area contributed by atoms with Gasteiger partial charge in [0.2, 0.25) is 5.95 Å². The van der Waals surface area contributed by atoms with Gasteiger partial charge in [-0.25, -0.2) is 4.98 Å². The average molecular weight is 247 g/mol. The fourth-order valence-electron chi connectivity index (χ4n) is 3.12. The number of hydrogen-bond acceptors (Lipinski definition) is 5. The van der Waals surface area contributed by atoms with E-state index in [1.165, 1.54) is 30.6 Å². The second-order valence-electron chi connectivity index (χ2n) is 5.20. The summed E-state index contributed by atoms with van der Waals surface area (Å²) in [6.45, 7) is 6.64. The zero-order valence-corrected chi connectivity index (χ0v) is 10.9. The Balaban J connectivity index is 1.91. The standard InChI is InChI=1S/C13H21N5/c1-2-18-7-3-4-9(8-18)11-10-5-6-15-12(10)17-13(14)16-11/h9H,2-8H2,1H3,(H3,14,15,16,17). The number of piperidine rings is 1. The van der Waals surface area contributed by atoms with Crippen LogP contribution in [-0.2, 0) is 6.42 Å². The molecule has 5 nitrogen and oxygen atoms in total. The summed E-state index contributed by atoms with van der Waals surface area (Å²) in [6.07, 6.45) is 3.51. The molecule has 0 spiro atoms. The highest BCUT2D eigenvalue weighted by Crippen LogP contribution is 2.33. The van der Waals surface area contributed by atoms with E-state index in [9.17, 15) is 0 Å². The first kappa shape index (κ1) is 11.7. The lowest BCUT2D eigenvalue weighted by Gasteiger charge is -2.32. The number of nitrogens with one attached hydrogen (secondary N) is 1. The molecule has 1 saturated heterocycles. The third-order valence-electron chi connectivity index (χ3n) is 4.06. The van der Waals surface area contributed by atoms with Crippen LogP contribution in [0.1, 0.15) is 36.9 Å². The number of hydrogen-bond donors (Lipinski definition) is 2. The molecular weight excluding hydrogens is 226 g/mol. The second-order valence-corrected chi connectivity index (χ2v) is 5.20. The van der Waals surface area contributed by atoms with Crippen LogP contribution in [-0.4, -0.2) is 41.0 Å². The second kappa shape index (κ2) is 4.72. The molecule has 0 aromatic carbocycles. The van der Waals surface area contributed by atoms with Gasteiger partial charge in [-0.15, -0.1) is 0 Å². The molecule has 1 fully saturated rings. The number of likely N-dealkylation sites (N-methyl/N-ethyl adjacent to an activating group) is 1. The van der Waals surface area contributed by atoms with Gasteiger partial charge in [0.1, 0.15) is 5.82 Å². The average Bonchev–Trinajstić information content (AvgIpc) is 2.85. The van der Waals surface area contributed by atoms with E-state index in [1.54, 1.807) is 0 Å². The van der Waals surface area contributed by atoms with Crippen LogP contribution in [0.3, 0.4) is 0 Å². The van der Waals surface area contributed by atoms with Crippen molar-refractivity contribution >= 4 is 11.8 Å². The van der Waals surface area contributed by atoms with Crippen molar-refractivity contribution in [2.24, 2.45) is 0 Å². The zero-order chi connectivity index (χ0) is 12.5. The Labute approximate surface area is 108 Å². The number of anilines is 2. The predicted molar refractivity (Wildman–Crippen MR) is 72.7 cm³/mol. The lowest BCUT2D eigenvalue weighted by atomic mass is 9.91. The van der Waals surface area contributed by atoms with Gasteiger partial charge in [0.25, 0.3) is 0 Å². The molecule has 1 atom stereocenters. The molecule has 2 aliphatic rings. The van der Waals surface area contributed by atoms with Crippen molar-refractivity contribution in [3.8, 4) is 0 Å². The monoisotopic (exact) mass is 247 g/mol. The van der Waals surface area contributed by atoms with Gasteiger partial charge in [-0.1, -0.05) is 6.92 Å². The molecule has 18 heavy (non-hydrogen) atoms. The molecule has 0 radical (unpaired) electrons. The molecule has 98 valence electrons. The van der Waals surface area contributed by atoms with Crippen molar-refractivity contribution in [2.75, 3.05) is 37.2 Å². The number of fused-ring (bicyclic) bond motifs is 1. The number of nitrogen functional groups attached to an aromatic ring is 1. The van der Waals surface area contributed by atoms with Gasteiger partial charge >= 0.3 is 0 Å². The molecular formula is C13H21N5. The van der Waals surface area contributed by atoms with E-state index < -0.39 is 0 Å². The van der Waals surface area contributed by atoms with Crippen molar-refractivity contribution in [3.05, 3.63) is 11.3 Å². The van der Waals surface area contributed by atoms with Crippen molar-refractivity contribution in [1.82, 2.24) is 14.9 Å². The van der Waals surface area contributed by atoms with E-state index in [0.717, 1.165) is 31.9 Å². The summed E-state index contributed by atoms with van der Waals surface area (Å²) in [5.74, 6) is 1.90. The summed E-state index contributed by atoms with van der Waals surface area (Å²) in [4.78, 5) is 11.3.